The van der Waals surface area contributed by atoms with Gasteiger partial charge in [0.05, 0.1) is 0 Å². The first-order valence-corrected chi connectivity index (χ1v) is 4.88. The second-order valence-electron chi connectivity index (χ2n) is 4.62. The van der Waals surface area contributed by atoms with E-state index in [9.17, 15) is 4.79 Å². The normalized spacial score (nSPS) is 53.6. The van der Waals surface area contributed by atoms with E-state index in [0.717, 1.165) is 11.8 Å². The number of Topliss-reactive ketones (excluding diaryl/α,β-unsaturated/α-hetero) is 1. The Hall–Kier alpha value is -0.330. The van der Waals surface area contributed by atoms with Crippen LogP contribution >= 0.6 is 0 Å². The van der Waals surface area contributed by atoms with E-state index in [1.807, 2.05) is 0 Å². The predicted molar refractivity (Wildman–Crippen MR) is 42.1 cm³/mol. The SMILES string of the molecule is O=C1C2CC3CCC1C(C3)C2. The molecule has 3 aliphatic rings. The van der Waals surface area contributed by atoms with E-state index in [4.69, 9.17) is 0 Å². The molecule has 0 aromatic rings. The van der Waals surface area contributed by atoms with Gasteiger partial charge in [0.1, 0.15) is 5.78 Å². The molecule has 0 radical (unpaired) electrons. The molecule has 4 unspecified atom stereocenters. The lowest BCUT2D eigenvalue weighted by Gasteiger charge is -2.32. The summed E-state index contributed by atoms with van der Waals surface area (Å²) in [7, 11) is 0. The molecule has 3 rings (SSSR count). The molecule has 4 atom stereocenters. The Morgan fingerprint density at radius 3 is 2.91 bits per heavy atom. The van der Waals surface area contributed by atoms with Gasteiger partial charge in [0.25, 0.3) is 0 Å². The van der Waals surface area contributed by atoms with Crippen LogP contribution in [0.3, 0.4) is 0 Å². The Bertz CT molecular complexity index is 209. The number of hydrogen-bond donors (Lipinski definition) is 0. The van der Waals surface area contributed by atoms with Crippen LogP contribution in [-0.2, 0) is 4.79 Å². The van der Waals surface area contributed by atoms with Crippen molar-refractivity contribution in [1.29, 1.82) is 0 Å². The highest BCUT2D eigenvalue weighted by atomic mass is 16.1. The summed E-state index contributed by atoms with van der Waals surface area (Å²) in [6.07, 6.45) is 6.45. The van der Waals surface area contributed by atoms with Crippen LogP contribution in [0, 0.1) is 23.7 Å². The number of rotatable bonds is 0. The lowest BCUT2D eigenvalue weighted by Crippen LogP contribution is -2.23. The second-order valence-corrected chi connectivity index (χ2v) is 4.62. The van der Waals surface area contributed by atoms with Gasteiger partial charge >= 0.3 is 0 Å². The quantitative estimate of drug-likeness (QED) is 0.516. The van der Waals surface area contributed by atoms with E-state index in [-0.39, 0.29) is 0 Å². The first kappa shape index (κ1) is 6.22. The molecule has 0 aromatic carbocycles. The zero-order chi connectivity index (χ0) is 7.42. The number of carbonyl (C=O) groups excluding carboxylic acids is 1. The summed E-state index contributed by atoms with van der Waals surface area (Å²) in [5.74, 6) is 3.40. The summed E-state index contributed by atoms with van der Waals surface area (Å²) in [6.45, 7) is 0. The zero-order valence-corrected chi connectivity index (χ0v) is 6.75. The van der Waals surface area contributed by atoms with Gasteiger partial charge in [-0.05, 0) is 43.9 Å². The van der Waals surface area contributed by atoms with Gasteiger partial charge in [-0.3, -0.25) is 4.79 Å². The maximum atomic E-state index is 11.6. The lowest BCUT2D eigenvalue weighted by molar-refractivity contribution is -0.123. The van der Waals surface area contributed by atoms with Crippen LogP contribution < -0.4 is 0 Å². The first-order valence-electron chi connectivity index (χ1n) is 4.88. The summed E-state index contributed by atoms with van der Waals surface area (Å²) in [5, 5.41) is 0. The van der Waals surface area contributed by atoms with Crippen LogP contribution in [-0.4, -0.2) is 5.78 Å². The van der Waals surface area contributed by atoms with Crippen molar-refractivity contribution in [3.05, 3.63) is 0 Å². The molecule has 11 heavy (non-hydrogen) atoms. The average molecular weight is 150 g/mol. The van der Waals surface area contributed by atoms with Gasteiger partial charge in [-0.25, -0.2) is 0 Å². The van der Waals surface area contributed by atoms with Gasteiger partial charge in [-0.15, -0.1) is 0 Å². The molecular weight excluding hydrogens is 136 g/mol. The highest BCUT2D eigenvalue weighted by Gasteiger charge is 2.49. The number of ketones is 1. The molecule has 0 spiro atoms. The molecule has 0 aromatic heterocycles. The van der Waals surface area contributed by atoms with E-state index >= 15 is 0 Å². The Morgan fingerprint density at radius 2 is 2.00 bits per heavy atom. The monoisotopic (exact) mass is 150 g/mol. The molecular formula is C10H14O. The van der Waals surface area contributed by atoms with Crippen LogP contribution in [0.4, 0.5) is 0 Å². The van der Waals surface area contributed by atoms with E-state index in [2.05, 4.69) is 0 Å². The highest BCUT2D eigenvalue weighted by molar-refractivity contribution is 5.86. The molecule has 0 amide bonds. The van der Waals surface area contributed by atoms with Crippen molar-refractivity contribution in [3.63, 3.8) is 0 Å². The van der Waals surface area contributed by atoms with Crippen molar-refractivity contribution in [2.75, 3.05) is 0 Å². The van der Waals surface area contributed by atoms with Crippen LogP contribution in [0.1, 0.15) is 32.1 Å². The Kier molecular flexibility index (Phi) is 1.06. The minimum absolute atomic E-state index is 0.506. The molecule has 3 fully saturated rings. The molecule has 60 valence electrons. The molecule has 3 saturated carbocycles. The van der Waals surface area contributed by atoms with E-state index < -0.39 is 0 Å². The summed E-state index contributed by atoms with van der Waals surface area (Å²) in [4.78, 5) is 11.6. The Morgan fingerprint density at radius 1 is 1.09 bits per heavy atom. The van der Waals surface area contributed by atoms with Crippen molar-refractivity contribution < 1.29 is 4.79 Å². The number of hydrogen-bond acceptors (Lipinski definition) is 1. The third-order valence-electron chi connectivity index (χ3n) is 4.06. The highest BCUT2D eigenvalue weighted by Crippen LogP contribution is 2.52. The largest absolute Gasteiger partial charge is 0.299 e. The van der Waals surface area contributed by atoms with E-state index in [1.54, 1.807) is 0 Å². The van der Waals surface area contributed by atoms with Gasteiger partial charge in [0.2, 0.25) is 0 Å². The van der Waals surface area contributed by atoms with Crippen LogP contribution in [0.15, 0.2) is 0 Å². The summed E-state index contributed by atoms with van der Waals surface area (Å²) in [5.41, 5.74) is 0. The maximum Gasteiger partial charge on any atom is 0.139 e. The first-order chi connectivity index (χ1) is 5.34. The Balaban J connectivity index is 2.02. The fraction of sp³-hybridized carbons (Fsp3) is 0.900. The molecule has 0 N–H and O–H groups in total. The minimum atomic E-state index is 0.506. The van der Waals surface area contributed by atoms with Crippen molar-refractivity contribution >= 4 is 5.78 Å². The average Bonchev–Trinajstić information content (AvgIpc) is 2.14. The molecule has 0 heterocycles. The summed E-state index contributed by atoms with van der Waals surface area (Å²) in [6, 6.07) is 0. The third-order valence-corrected chi connectivity index (χ3v) is 4.06. The standard InChI is InChI=1S/C10H14O/c11-10-8-4-6-1-2-9(10)7(3-6)5-8/h6-9H,1-5H2. The third kappa shape index (κ3) is 0.692. The van der Waals surface area contributed by atoms with Crippen molar-refractivity contribution in [1.82, 2.24) is 0 Å². The van der Waals surface area contributed by atoms with Crippen LogP contribution in [0.2, 0.25) is 0 Å². The maximum absolute atomic E-state index is 11.6. The molecule has 1 nitrogen and oxygen atoms in total. The van der Waals surface area contributed by atoms with Gasteiger partial charge < -0.3 is 0 Å². The van der Waals surface area contributed by atoms with Gasteiger partial charge in [0, 0.05) is 11.8 Å². The number of fused-ring (bicyclic) bond motifs is 2. The van der Waals surface area contributed by atoms with Crippen molar-refractivity contribution in [2.45, 2.75) is 32.1 Å². The molecule has 3 aliphatic carbocycles. The Labute approximate surface area is 67.2 Å². The van der Waals surface area contributed by atoms with E-state index in [1.165, 1.54) is 32.1 Å². The molecule has 1 heteroatoms. The topological polar surface area (TPSA) is 17.1 Å². The molecule has 0 saturated heterocycles. The molecule has 0 aliphatic heterocycles. The number of carbonyl (C=O) groups is 1. The van der Waals surface area contributed by atoms with Crippen LogP contribution in [0.5, 0.6) is 0 Å². The van der Waals surface area contributed by atoms with Crippen LogP contribution in [0.25, 0.3) is 0 Å². The summed E-state index contributed by atoms with van der Waals surface area (Å²) < 4.78 is 0. The van der Waals surface area contributed by atoms with Crippen molar-refractivity contribution in [3.8, 4) is 0 Å². The second kappa shape index (κ2) is 1.88. The fourth-order valence-corrected chi connectivity index (χ4v) is 3.61. The van der Waals surface area contributed by atoms with Crippen molar-refractivity contribution in [2.24, 2.45) is 23.7 Å². The molecule has 3 bridgehead atoms. The van der Waals surface area contributed by atoms with E-state index in [0.29, 0.717) is 17.6 Å². The smallest absolute Gasteiger partial charge is 0.139 e. The van der Waals surface area contributed by atoms with Gasteiger partial charge in [0.15, 0.2) is 0 Å². The zero-order valence-electron chi connectivity index (χ0n) is 6.75. The predicted octanol–water partition coefficient (Wildman–Crippen LogP) is 2.01. The fourth-order valence-electron chi connectivity index (χ4n) is 3.61. The summed E-state index contributed by atoms with van der Waals surface area (Å²) >= 11 is 0. The van der Waals surface area contributed by atoms with Gasteiger partial charge in [-0.2, -0.15) is 0 Å². The lowest BCUT2D eigenvalue weighted by atomic mass is 9.72. The minimum Gasteiger partial charge on any atom is -0.299 e. The van der Waals surface area contributed by atoms with Gasteiger partial charge in [-0.1, -0.05) is 0 Å².